The van der Waals surface area contributed by atoms with Gasteiger partial charge in [0.25, 0.3) is 0 Å². The molecule has 1 fully saturated rings. The number of methoxy groups -OCH3 is 1. The molecule has 2 amide bonds. The van der Waals surface area contributed by atoms with E-state index in [1.807, 2.05) is 6.07 Å². The van der Waals surface area contributed by atoms with E-state index >= 15 is 0 Å². The molecule has 2 heterocycles. The molecule has 1 aliphatic carbocycles. The predicted octanol–water partition coefficient (Wildman–Crippen LogP) is 1.03. The number of nitrogens with one attached hydrogen (secondary N) is 2. The molecule has 1 saturated carbocycles. The maximum absolute atomic E-state index is 12.8. The van der Waals surface area contributed by atoms with Crippen molar-refractivity contribution in [2.24, 2.45) is 5.92 Å². The Bertz CT molecular complexity index is 1020. The second-order valence-electron chi connectivity index (χ2n) is 7.74. The molecule has 2 aromatic rings. The number of carbonyl (C=O) groups is 2. The first-order valence-corrected chi connectivity index (χ1v) is 10.6. The van der Waals surface area contributed by atoms with Crippen LogP contribution in [-0.4, -0.2) is 76.7 Å². The van der Waals surface area contributed by atoms with Gasteiger partial charge in [-0.05, 0) is 25.3 Å². The number of likely N-dealkylation sites (N-methyl/N-ethyl adjacent to an activating group) is 1. The lowest BCUT2D eigenvalue weighted by molar-refractivity contribution is -0.131. The Morgan fingerprint density at radius 1 is 1.30 bits per heavy atom. The molecule has 0 bridgehead atoms. The molecule has 11 nitrogen and oxygen atoms in total. The van der Waals surface area contributed by atoms with Crippen molar-refractivity contribution >= 4 is 23.3 Å². The first-order chi connectivity index (χ1) is 16.0. The second-order valence-corrected chi connectivity index (χ2v) is 7.74. The van der Waals surface area contributed by atoms with E-state index in [0.29, 0.717) is 35.8 Å². The van der Waals surface area contributed by atoms with E-state index in [2.05, 4.69) is 25.6 Å². The molecule has 0 radical (unpaired) electrons. The van der Waals surface area contributed by atoms with Gasteiger partial charge < -0.3 is 25.4 Å². The monoisotopic (exact) mass is 453 g/mol. The second kappa shape index (κ2) is 11.3. The summed E-state index contributed by atoms with van der Waals surface area (Å²) in [4.78, 5) is 38.9. The van der Waals surface area contributed by atoms with Crippen LogP contribution in [0.25, 0.3) is 11.3 Å². The van der Waals surface area contributed by atoms with Gasteiger partial charge in [-0.3, -0.25) is 14.6 Å². The minimum atomic E-state index is -0.684. The van der Waals surface area contributed by atoms with E-state index in [4.69, 9.17) is 9.84 Å². The number of pyridine rings is 1. The molecule has 11 heteroatoms. The van der Waals surface area contributed by atoms with E-state index in [9.17, 15) is 14.9 Å². The van der Waals surface area contributed by atoms with Crippen LogP contribution in [0.4, 0.5) is 11.5 Å². The Labute approximate surface area is 191 Å². The normalized spacial score (nSPS) is 13.6. The van der Waals surface area contributed by atoms with Crippen LogP contribution in [0.3, 0.4) is 0 Å². The zero-order chi connectivity index (χ0) is 23.8. The fraction of sp³-hybridized carbons (Fsp3) is 0.455. The van der Waals surface area contributed by atoms with Crippen LogP contribution in [0.5, 0.6) is 0 Å². The third-order valence-electron chi connectivity index (χ3n) is 5.19. The smallest absolute Gasteiger partial charge is 0.244 e. The number of amides is 2. The van der Waals surface area contributed by atoms with Crippen LogP contribution in [0.15, 0.2) is 24.7 Å². The Morgan fingerprint density at radius 2 is 2.09 bits per heavy atom. The molecular weight excluding hydrogens is 426 g/mol. The standard InChI is InChI=1S/C22H27N7O4/c1-29(6-7-30)22(32)16(5-8-33-2)27-17-9-15(11-24-18(17)10-23)19-12-26-20(13-25-19)28-21(31)14-3-4-14/h9,11-14,16,27,30H,3-8H2,1-2H3,(H,26,28,31)/t16-/m0/s1. The molecular formula is C22H27N7O4. The topological polar surface area (TPSA) is 153 Å². The van der Waals surface area contributed by atoms with Crippen molar-refractivity contribution in [1.82, 2.24) is 19.9 Å². The number of aliphatic hydroxyl groups is 1. The van der Waals surface area contributed by atoms with E-state index in [1.54, 1.807) is 13.1 Å². The van der Waals surface area contributed by atoms with Crippen molar-refractivity contribution in [3.63, 3.8) is 0 Å². The number of nitrogens with zero attached hydrogens (tertiary/aromatic N) is 5. The van der Waals surface area contributed by atoms with E-state index < -0.39 is 6.04 Å². The number of nitriles is 1. The lowest BCUT2D eigenvalue weighted by atomic mass is 10.1. The highest BCUT2D eigenvalue weighted by Crippen LogP contribution is 2.30. The number of ether oxygens (including phenoxy) is 1. The molecule has 2 aromatic heterocycles. The zero-order valence-electron chi connectivity index (χ0n) is 18.6. The number of anilines is 2. The number of hydrogen-bond donors (Lipinski definition) is 3. The largest absolute Gasteiger partial charge is 0.395 e. The highest BCUT2D eigenvalue weighted by molar-refractivity contribution is 5.93. The molecule has 0 aromatic carbocycles. The summed E-state index contributed by atoms with van der Waals surface area (Å²) < 4.78 is 5.12. The minimum absolute atomic E-state index is 0.0542. The highest BCUT2D eigenvalue weighted by atomic mass is 16.5. The van der Waals surface area contributed by atoms with Gasteiger partial charge in [-0.2, -0.15) is 5.26 Å². The van der Waals surface area contributed by atoms with Gasteiger partial charge in [-0.25, -0.2) is 9.97 Å². The highest BCUT2D eigenvalue weighted by Gasteiger charge is 2.29. The zero-order valence-corrected chi connectivity index (χ0v) is 18.6. The molecule has 0 spiro atoms. The fourth-order valence-electron chi connectivity index (χ4n) is 3.13. The lowest BCUT2D eigenvalue weighted by Gasteiger charge is -2.25. The van der Waals surface area contributed by atoms with Crippen molar-refractivity contribution in [2.45, 2.75) is 25.3 Å². The number of rotatable bonds is 11. The van der Waals surface area contributed by atoms with Gasteiger partial charge in [-0.15, -0.1) is 0 Å². The summed E-state index contributed by atoms with van der Waals surface area (Å²) in [6.45, 7) is 0.354. The molecule has 3 N–H and O–H groups in total. The third kappa shape index (κ3) is 6.44. The van der Waals surface area contributed by atoms with Crippen molar-refractivity contribution in [1.29, 1.82) is 5.26 Å². The van der Waals surface area contributed by atoms with Crippen LogP contribution in [0.2, 0.25) is 0 Å². The summed E-state index contributed by atoms with van der Waals surface area (Å²) in [6, 6.07) is 3.02. The van der Waals surface area contributed by atoms with Crippen molar-refractivity contribution in [3.05, 3.63) is 30.4 Å². The molecule has 0 saturated heterocycles. The number of aromatic nitrogens is 3. The summed E-state index contributed by atoms with van der Waals surface area (Å²) >= 11 is 0. The van der Waals surface area contributed by atoms with Crippen LogP contribution >= 0.6 is 0 Å². The van der Waals surface area contributed by atoms with Crippen LogP contribution in [0.1, 0.15) is 25.0 Å². The van der Waals surface area contributed by atoms with E-state index in [1.165, 1.54) is 30.6 Å². The molecule has 1 atom stereocenters. The van der Waals surface area contributed by atoms with Gasteiger partial charge in [0.1, 0.15) is 12.1 Å². The maximum atomic E-state index is 12.8. The first kappa shape index (κ1) is 24.0. The van der Waals surface area contributed by atoms with Crippen molar-refractivity contribution in [3.8, 4) is 17.3 Å². The van der Waals surface area contributed by atoms with Gasteiger partial charge >= 0.3 is 0 Å². The molecule has 33 heavy (non-hydrogen) atoms. The summed E-state index contributed by atoms with van der Waals surface area (Å²) in [5.74, 6) is 0.133. The van der Waals surface area contributed by atoms with E-state index in [0.717, 1.165) is 12.8 Å². The molecule has 174 valence electrons. The van der Waals surface area contributed by atoms with Crippen LogP contribution in [0, 0.1) is 17.2 Å². The van der Waals surface area contributed by atoms with Crippen LogP contribution < -0.4 is 10.6 Å². The maximum Gasteiger partial charge on any atom is 0.244 e. The molecule has 3 rings (SSSR count). The summed E-state index contributed by atoms with van der Waals surface area (Å²) in [5.41, 5.74) is 1.58. The fourth-order valence-corrected chi connectivity index (χ4v) is 3.13. The molecule has 0 unspecified atom stereocenters. The lowest BCUT2D eigenvalue weighted by Crippen LogP contribution is -2.42. The quantitative estimate of drug-likeness (QED) is 0.452. The predicted molar refractivity (Wildman–Crippen MR) is 120 cm³/mol. The third-order valence-corrected chi connectivity index (χ3v) is 5.19. The summed E-state index contributed by atoms with van der Waals surface area (Å²) in [7, 11) is 3.14. The Kier molecular flexibility index (Phi) is 8.23. The number of aliphatic hydroxyl groups excluding tert-OH is 1. The Morgan fingerprint density at radius 3 is 2.70 bits per heavy atom. The van der Waals surface area contributed by atoms with Gasteiger partial charge in [0.2, 0.25) is 11.8 Å². The first-order valence-electron chi connectivity index (χ1n) is 10.6. The number of carbonyl (C=O) groups excluding carboxylic acids is 2. The van der Waals surface area contributed by atoms with E-state index in [-0.39, 0.29) is 36.6 Å². The van der Waals surface area contributed by atoms with Gasteiger partial charge in [0, 0.05) is 45.0 Å². The average molecular weight is 454 g/mol. The van der Waals surface area contributed by atoms with Gasteiger partial charge in [-0.1, -0.05) is 0 Å². The van der Waals surface area contributed by atoms with Crippen molar-refractivity contribution < 1.29 is 19.4 Å². The Hall–Kier alpha value is -3.62. The molecule has 0 aliphatic heterocycles. The number of hydrogen-bond acceptors (Lipinski definition) is 9. The van der Waals surface area contributed by atoms with Gasteiger partial charge in [0.15, 0.2) is 11.5 Å². The van der Waals surface area contributed by atoms with Crippen molar-refractivity contribution in [2.75, 3.05) is 44.5 Å². The summed E-state index contributed by atoms with van der Waals surface area (Å²) in [5, 5.41) is 24.5. The van der Waals surface area contributed by atoms with Crippen LogP contribution in [-0.2, 0) is 14.3 Å². The Balaban J connectivity index is 1.80. The summed E-state index contributed by atoms with van der Waals surface area (Å²) in [6.07, 6.45) is 6.63. The van der Waals surface area contributed by atoms with Gasteiger partial charge in [0.05, 0.1) is 30.4 Å². The molecule has 1 aliphatic rings. The SMILES string of the molecule is COCC[C@H](Nc1cc(-c2cnc(NC(=O)C3CC3)cn2)cnc1C#N)C(=O)N(C)CCO. The minimum Gasteiger partial charge on any atom is -0.395 e. The average Bonchev–Trinajstić information content (AvgIpc) is 3.67.